The van der Waals surface area contributed by atoms with Crippen molar-refractivity contribution in [3.63, 3.8) is 0 Å². The Balaban J connectivity index is 1.52. The monoisotopic (exact) mass is 351 g/mol. The smallest absolute Gasteiger partial charge is 0.238 e. The van der Waals surface area contributed by atoms with Crippen molar-refractivity contribution in [3.05, 3.63) is 28.7 Å². The minimum atomic E-state index is 0.0569. The molecule has 2 bridgehead atoms. The fraction of sp³-hybridized carbons (Fsp3) is 0.562. The quantitative estimate of drug-likeness (QED) is 0.876. The van der Waals surface area contributed by atoms with Gasteiger partial charge in [0.1, 0.15) is 0 Å². The van der Waals surface area contributed by atoms with Crippen LogP contribution in [0.5, 0.6) is 0 Å². The van der Waals surface area contributed by atoms with Crippen LogP contribution in [0.15, 0.2) is 28.7 Å². The molecular weight excluding hydrogens is 330 g/mol. The SMILES string of the molecule is CN(CC(=O)Nc1cccc(Br)c1)C1CC2CCC(C1)N2. The van der Waals surface area contributed by atoms with Crippen LogP contribution in [-0.4, -0.2) is 42.5 Å². The third-order valence-electron chi connectivity index (χ3n) is 4.57. The molecule has 2 N–H and O–H groups in total. The van der Waals surface area contributed by atoms with Crippen LogP contribution in [0.2, 0.25) is 0 Å². The maximum absolute atomic E-state index is 12.2. The Kier molecular flexibility index (Phi) is 4.62. The first-order valence-corrected chi connectivity index (χ1v) is 8.41. The number of nitrogens with zero attached hydrogens (tertiary/aromatic N) is 1. The molecule has 21 heavy (non-hydrogen) atoms. The fourth-order valence-electron chi connectivity index (χ4n) is 3.51. The number of carbonyl (C=O) groups is 1. The number of piperidine rings is 1. The van der Waals surface area contributed by atoms with Gasteiger partial charge in [0.25, 0.3) is 0 Å². The van der Waals surface area contributed by atoms with Crippen LogP contribution in [-0.2, 0) is 4.79 Å². The summed E-state index contributed by atoms with van der Waals surface area (Å²) in [5.74, 6) is 0.0569. The maximum Gasteiger partial charge on any atom is 0.238 e. The highest BCUT2D eigenvalue weighted by Gasteiger charge is 2.35. The zero-order valence-electron chi connectivity index (χ0n) is 12.3. The summed E-state index contributed by atoms with van der Waals surface area (Å²) in [6, 6.07) is 9.54. The van der Waals surface area contributed by atoms with E-state index in [4.69, 9.17) is 0 Å². The fourth-order valence-corrected chi connectivity index (χ4v) is 3.91. The van der Waals surface area contributed by atoms with Crippen molar-refractivity contribution in [1.82, 2.24) is 10.2 Å². The third-order valence-corrected chi connectivity index (χ3v) is 5.07. The molecule has 5 heteroatoms. The maximum atomic E-state index is 12.2. The average Bonchev–Trinajstić information content (AvgIpc) is 2.77. The second kappa shape index (κ2) is 6.46. The normalized spacial score (nSPS) is 27.9. The number of anilines is 1. The number of benzene rings is 1. The van der Waals surface area contributed by atoms with Gasteiger partial charge in [-0.15, -0.1) is 0 Å². The van der Waals surface area contributed by atoms with Gasteiger partial charge in [0.2, 0.25) is 5.91 Å². The van der Waals surface area contributed by atoms with Crippen LogP contribution in [0, 0.1) is 0 Å². The van der Waals surface area contributed by atoms with Crippen molar-refractivity contribution in [2.75, 3.05) is 18.9 Å². The van der Waals surface area contributed by atoms with E-state index in [0.717, 1.165) is 23.0 Å². The van der Waals surface area contributed by atoms with E-state index in [9.17, 15) is 4.79 Å². The van der Waals surface area contributed by atoms with E-state index in [1.165, 1.54) is 12.8 Å². The predicted octanol–water partition coefficient (Wildman–Crippen LogP) is 2.60. The minimum Gasteiger partial charge on any atom is -0.325 e. The molecule has 1 aromatic carbocycles. The number of nitrogens with one attached hydrogen (secondary N) is 2. The Morgan fingerprint density at radius 3 is 2.76 bits per heavy atom. The summed E-state index contributed by atoms with van der Waals surface area (Å²) in [4.78, 5) is 14.4. The summed E-state index contributed by atoms with van der Waals surface area (Å²) in [5, 5.41) is 6.61. The molecule has 2 saturated heterocycles. The Bertz CT molecular complexity index is 510. The molecule has 0 radical (unpaired) electrons. The van der Waals surface area contributed by atoms with E-state index in [2.05, 4.69) is 38.5 Å². The van der Waals surface area contributed by atoms with E-state index in [1.54, 1.807) is 0 Å². The first-order valence-electron chi connectivity index (χ1n) is 7.62. The Morgan fingerprint density at radius 2 is 2.10 bits per heavy atom. The van der Waals surface area contributed by atoms with Crippen molar-refractivity contribution < 1.29 is 4.79 Å². The predicted molar refractivity (Wildman–Crippen MR) is 88.4 cm³/mol. The molecule has 2 aliphatic rings. The number of amides is 1. The number of carbonyl (C=O) groups excluding carboxylic acids is 1. The van der Waals surface area contributed by atoms with Gasteiger partial charge in [-0.25, -0.2) is 0 Å². The molecule has 1 amide bonds. The molecule has 2 heterocycles. The van der Waals surface area contributed by atoms with Crippen LogP contribution >= 0.6 is 15.9 Å². The number of likely N-dealkylation sites (N-methyl/N-ethyl adjacent to an activating group) is 1. The molecule has 3 rings (SSSR count). The lowest BCUT2D eigenvalue weighted by atomic mass is 9.98. The van der Waals surface area contributed by atoms with Crippen molar-refractivity contribution in [1.29, 1.82) is 0 Å². The molecule has 2 atom stereocenters. The van der Waals surface area contributed by atoms with Gasteiger partial charge < -0.3 is 10.6 Å². The molecule has 0 aromatic heterocycles. The average molecular weight is 352 g/mol. The second-order valence-electron chi connectivity index (χ2n) is 6.24. The first-order chi connectivity index (χ1) is 10.1. The lowest BCUT2D eigenvalue weighted by molar-refractivity contribution is -0.117. The van der Waals surface area contributed by atoms with Crippen LogP contribution in [0.25, 0.3) is 0 Å². The minimum absolute atomic E-state index is 0.0569. The lowest BCUT2D eigenvalue weighted by Crippen LogP contribution is -2.48. The third kappa shape index (κ3) is 3.84. The summed E-state index contributed by atoms with van der Waals surface area (Å²) >= 11 is 3.42. The zero-order valence-corrected chi connectivity index (χ0v) is 13.9. The van der Waals surface area contributed by atoms with E-state index < -0.39 is 0 Å². The van der Waals surface area contributed by atoms with Crippen molar-refractivity contribution in [3.8, 4) is 0 Å². The van der Waals surface area contributed by atoms with Crippen LogP contribution < -0.4 is 10.6 Å². The highest BCUT2D eigenvalue weighted by atomic mass is 79.9. The van der Waals surface area contributed by atoms with Crippen LogP contribution in [0.1, 0.15) is 25.7 Å². The molecule has 2 aliphatic heterocycles. The summed E-state index contributed by atoms with van der Waals surface area (Å²) in [6.07, 6.45) is 4.91. The van der Waals surface area contributed by atoms with Gasteiger partial charge in [-0.3, -0.25) is 9.69 Å². The Morgan fingerprint density at radius 1 is 1.38 bits per heavy atom. The van der Waals surface area contributed by atoms with Crippen molar-refractivity contribution >= 4 is 27.5 Å². The summed E-state index contributed by atoms with van der Waals surface area (Å²) < 4.78 is 0.976. The Hall–Kier alpha value is -0.910. The zero-order chi connectivity index (χ0) is 14.8. The van der Waals surface area contributed by atoms with E-state index >= 15 is 0 Å². The van der Waals surface area contributed by atoms with Crippen molar-refractivity contribution in [2.45, 2.75) is 43.8 Å². The standard InChI is InChI=1S/C16H22BrN3O/c1-20(15-8-13-5-6-14(9-15)18-13)10-16(21)19-12-4-2-3-11(17)7-12/h2-4,7,13-15,18H,5-6,8-10H2,1H3,(H,19,21). The summed E-state index contributed by atoms with van der Waals surface area (Å²) in [6.45, 7) is 0.455. The number of fused-ring (bicyclic) bond motifs is 2. The number of halogens is 1. The molecular formula is C16H22BrN3O. The van der Waals surface area contributed by atoms with E-state index in [0.29, 0.717) is 24.7 Å². The molecule has 1 aromatic rings. The topological polar surface area (TPSA) is 44.4 Å². The molecule has 0 spiro atoms. The van der Waals surface area contributed by atoms with Gasteiger partial charge in [0.05, 0.1) is 6.54 Å². The Labute approximate surface area is 134 Å². The number of hydrogen-bond donors (Lipinski definition) is 2. The highest BCUT2D eigenvalue weighted by Crippen LogP contribution is 2.29. The van der Waals surface area contributed by atoms with Gasteiger partial charge in [0.15, 0.2) is 0 Å². The summed E-state index contributed by atoms with van der Waals surface area (Å²) in [5.41, 5.74) is 0.841. The first kappa shape index (κ1) is 15.0. The second-order valence-corrected chi connectivity index (χ2v) is 7.15. The highest BCUT2D eigenvalue weighted by molar-refractivity contribution is 9.10. The van der Waals surface area contributed by atoms with Gasteiger partial charge in [-0.05, 0) is 50.9 Å². The van der Waals surface area contributed by atoms with Crippen LogP contribution in [0.4, 0.5) is 5.69 Å². The van der Waals surface area contributed by atoms with Gasteiger partial charge in [-0.1, -0.05) is 22.0 Å². The molecule has 0 saturated carbocycles. The molecule has 4 nitrogen and oxygen atoms in total. The van der Waals surface area contributed by atoms with Gasteiger partial charge in [0, 0.05) is 28.3 Å². The molecule has 2 unspecified atom stereocenters. The van der Waals surface area contributed by atoms with E-state index in [-0.39, 0.29) is 5.91 Å². The molecule has 0 aliphatic carbocycles. The number of rotatable bonds is 4. The molecule has 114 valence electrons. The van der Waals surface area contributed by atoms with E-state index in [1.807, 2.05) is 24.3 Å². The van der Waals surface area contributed by atoms with Gasteiger partial charge in [-0.2, -0.15) is 0 Å². The summed E-state index contributed by atoms with van der Waals surface area (Å²) in [7, 11) is 2.07. The van der Waals surface area contributed by atoms with Crippen LogP contribution in [0.3, 0.4) is 0 Å². The largest absolute Gasteiger partial charge is 0.325 e. The van der Waals surface area contributed by atoms with Gasteiger partial charge >= 0.3 is 0 Å². The lowest BCUT2D eigenvalue weighted by Gasteiger charge is -2.35. The van der Waals surface area contributed by atoms with Crippen molar-refractivity contribution in [2.24, 2.45) is 0 Å². The molecule has 2 fully saturated rings. The number of hydrogen-bond acceptors (Lipinski definition) is 3.